The van der Waals surface area contributed by atoms with Crippen molar-refractivity contribution < 1.29 is 14.4 Å². The van der Waals surface area contributed by atoms with Gasteiger partial charge in [-0.1, -0.05) is 48.5 Å². The molecule has 0 saturated carbocycles. The normalized spacial score (nSPS) is 16.2. The summed E-state index contributed by atoms with van der Waals surface area (Å²) in [5.74, 6) is -0.203. The highest BCUT2D eigenvalue weighted by atomic mass is 16.2. The molecule has 1 fully saturated rings. The zero-order valence-electron chi connectivity index (χ0n) is 19.4. The molecule has 0 aliphatic carbocycles. The van der Waals surface area contributed by atoms with E-state index in [2.05, 4.69) is 15.6 Å². The van der Waals surface area contributed by atoms with Crippen molar-refractivity contribution in [2.24, 2.45) is 11.7 Å². The highest BCUT2D eigenvalue weighted by molar-refractivity contribution is 5.95. The third kappa shape index (κ3) is 6.44. The molecule has 2 heterocycles. The molecule has 0 spiro atoms. The van der Waals surface area contributed by atoms with Crippen molar-refractivity contribution in [3.63, 3.8) is 0 Å². The summed E-state index contributed by atoms with van der Waals surface area (Å²) in [6.07, 6.45) is 3.34. The minimum absolute atomic E-state index is 0.0662. The van der Waals surface area contributed by atoms with Crippen molar-refractivity contribution in [3.05, 3.63) is 90.1 Å². The van der Waals surface area contributed by atoms with Gasteiger partial charge in [0.05, 0.1) is 30.3 Å². The molecule has 1 aromatic heterocycles. The number of hydrogen-bond acceptors (Lipinski definition) is 5. The topological polar surface area (TPSA) is 117 Å². The van der Waals surface area contributed by atoms with Crippen LogP contribution in [0.15, 0.2) is 79.0 Å². The van der Waals surface area contributed by atoms with Crippen LogP contribution in [-0.2, 0) is 9.59 Å². The highest BCUT2D eigenvalue weighted by Crippen LogP contribution is 2.23. The molecule has 35 heavy (non-hydrogen) atoms. The number of carbonyl (C=O) groups is 3. The standard InChI is InChI=1S/C27H29N5O3/c28-26(34)21-12-7-15-32(18-21)24-14-13-22(17-29-24)30-25(33)16-23(19-8-3-1-4-9-19)31-27(35)20-10-5-2-6-11-20/h1-6,8-11,13-14,17,21,23H,7,12,15-16,18H2,(H2,28,34)(H,30,33)(H,31,35). The number of rotatable bonds is 8. The van der Waals surface area contributed by atoms with Gasteiger partial charge in [-0.3, -0.25) is 14.4 Å². The Balaban J connectivity index is 1.40. The van der Waals surface area contributed by atoms with Crippen LogP contribution in [0.5, 0.6) is 0 Å². The molecule has 3 aromatic rings. The Labute approximate surface area is 204 Å². The summed E-state index contributed by atoms with van der Waals surface area (Å²) in [4.78, 5) is 43.6. The van der Waals surface area contributed by atoms with Crippen molar-refractivity contribution in [2.45, 2.75) is 25.3 Å². The first-order valence-electron chi connectivity index (χ1n) is 11.7. The lowest BCUT2D eigenvalue weighted by Crippen LogP contribution is -2.41. The number of pyridine rings is 1. The van der Waals surface area contributed by atoms with Gasteiger partial charge in [0.25, 0.3) is 5.91 Å². The van der Waals surface area contributed by atoms with Crippen LogP contribution in [0.3, 0.4) is 0 Å². The summed E-state index contributed by atoms with van der Waals surface area (Å²) >= 11 is 0. The van der Waals surface area contributed by atoms with E-state index >= 15 is 0 Å². The van der Waals surface area contributed by atoms with Gasteiger partial charge in [0.1, 0.15) is 5.82 Å². The fourth-order valence-electron chi connectivity index (χ4n) is 4.23. The lowest BCUT2D eigenvalue weighted by molar-refractivity contribution is -0.122. The molecule has 2 atom stereocenters. The summed E-state index contributed by atoms with van der Waals surface area (Å²) in [6.45, 7) is 1.36. The zero-order chi connectivity index (χ0) is 24.6. The predicted octanol–water partition coefficient (Wildman–Crippen LogP) is 3.28. The molecule has 0 bridgehead atoms. The number of aromatic nitrogens is 1. The Bertz CT molecular complexity index is 1150. The molecule has 1 aliphatic heterocycles. The number of nitrogens with two attached hydrogens (primary N) is 1. The van der Waals surface area contributed by atoms with Gasteiger partial charge in [-0.25, -0.2) is 4.98 Å². The van der Waals surface area contributed by atoms with Gasteiger partial charge >= 0.3 is 0 Å². The summed E-state index contributed by atoms with van der Waals surface area (Å²) in [6, 6.07) is 21.4. The number of hydrogen-bond donors (Lipinski definition) is 3. The molecule has 0 radical (unpaired) electrons. The lowest BCUT2D eigenvalue weighted by atomic mass is 9.97. The van der Waals surface area contributed by atoms with E-state index in [9.17, 15) is 14.4 Å². The molecule has 4 rings (SSSR count). The first-order valence-corrected chi connectivity index (χ1v) is 11.7. The first kappa shape index (κ1) is 23.9. The van der Waals surface area contributed by atoms with Crippen LogP contribution in [0.4, 0.5) is 11.5 Å². The zero-order valence-corrected chi connectivity index (χ0v) is 19.4. The number of primary amides is 1. The fourth-order valence-corrected chi connectivity index (χ4v) is 4.23. The van der Waals surface area contributed by atoms with E-state index in [0.717, 1.165) is 30.8 Å². The quantitative estimate of drug-likeness (QED) is 0.466. The van der Waals surface area contributed by atoms with Crippen molar-refractivity contribution >= 4 is 29.2 Å². The number of benzene rings is 2. The molecule has 1 aliphatic rings. The number of piperidine rings is 1. The maximum Gasteiger partial charge on any atom is 0.251 e. The van der Waals surface area contributed by atoms with Gasteiger partial charge in [-0.15, -0.1) is 0 Å². The van der Waals surface area contributed by atoms with E-state index < -0.39 is 6.04 Å². The minimum atomic E-state index is -0.491. The van der Waals surface area contributed by atoms with E-state index in [1.54, 1.807) is 36.5 Å². The number of nitrogens with one attached hydrogen (secondary N) is 2. The largest absolute Gasteiger partial charge is 0.369 e. The van der Waals surface area contributed by atoms with Gasteiger partial charge in [-0.05, 0) is 42.7 Å². The number of anilines is 2. The van der Waals surface area contributed by atoms with Gasteiger partial charge in [0.2, 0.25) is 11.8 Å². The average molecular weight is 472 g/mol. The third-order valence-corrected chi connectivity index (χ3v) is 6.11. The van der Waals surface area contributed by atoms with Gasteiger partial charge in [0, 0.05) is 18.7 Å². The highest BCUT2D eigenvalue weighted by Gasteiger charge is 2.25. The molecule has 3 amide bonds. The molecule has 1 saturated heterocycles. The molecule has 4 N–H and O–H groups in total. The molecular formula is C27H29N5O3. The van der Waals surface area contributed by atoms with Crippen LogP contribution < -0.4 is 21.3 Å². The molecule has 2 aromatic carbocycles. The predicted molar refractivity (Wildman–Crippen MR) is 135 cm³/mol. The van der Waals surface area contributed by atoms with Crippen LogP contribution >= 0.6 is 0 Å². The molecule has 2 unspecified atom stereocenters. The number of amides is 3. The Morgan fingerprint density at radius 2 is 1.71 bits per heavy atom. The second kappa shape index (κ2) is 11.3. The van der Waals surface area contributed by atoms with E-state index in [1.165, 1.54) is 0 Å². The van der Waals surface area contributed by atoms with E-state index in [4.69, 9.17) is 5.73 Å². The van der Waals surface area contributed by atoms with Crippen LogP contribution in [0.25, 0.3) is 0 Å². The SMILES string of the molecule is NC(=O)C1CCCN(c2ccc(NC(=O)CC(NC(=O)c3ccccc3)c3ccccc3)cn2)C1. The molecule has 8 nitrogen and oxygen atoms in total. The Morgan fingerprint density at radius 3 is 2.37 bits per heavy atom. The maximum atomic E-state index is 12.9. The van der Waals surface area contributed by atoms with Gasteiger partial charge in [0.15, 0.2) is 0 Å². The van der Waals surface area contributed by atoms with Gasteiger partial charge < -0.3 is 21.3 Å². The maximum absolute atomic E-state index is 12.9. The Morgan fingerprint density at radius 1 is 1.00 bits per heavy atom. The average Bonchev–Trinajstić information content (AvgIpc) is 2.89. The van der Waals surface area contributed by atoms with Crippen molar-refractivity contribution in [2.75, 3.05) is 23.3 Å². The van der Waals surface area contributed by atoms with E-state index in [1.807, 2.05) is 47.4 Å². The second-order valence-corrected chi connectivity index (χ2v) is 8.65. The Kier molecular flexibility index (Phi) is 7.72. The number of carbonyl (C=O) groups excluding carboxylic acids is 3. The van der Waals surface area contributed by atoms with Crippen molar-refractivity contribution in [1.29, 1.82) is 0 Å². The Hall–Kier alpha value is -4.20. The first-order chi connectivity index (χ1) is 17.0. The fraction of sp³-hybridized carbons (Fsp3) is 0.259. The van der Waals surface area contributed by atoms with E-state index in [-0.39, 0.29) is 30.1 Å². The van der Waals surface area contributed by atoms with Gasteiger partial charge in [-0.2, -0.15) is 0 Å². The smallest absolute Gasteiger partial charge is 0.251 e. The van der Waals surface area contributed by atoms with E-state index in [0.29, 0.717) is 17.8 Å². The van der Waals surface area contributed by atoms with Crippen molar-refractivity contribution in [3.8, 4) is 0 Å². The van der Waals surface area contributed by atoms with Crippen LogP contribution in [0, 0.1) is 5.92 Å². The number of nitrogens with zero attached hydrogens (tertiary/aromatic N) is 2. The summed E-state index contributed by atoms with van der Waals surface area (Å²) in [5, 5.41) is 5.84. The lowest BCUT2D eigenvalue weighted by Gasteiger charge is -2.32. The second-order valence-electron chi connectivity index (χ2n) is 8.65. The molecular weight excluding hydrogens is 442 g/mol. The van der Waals surface area contributed by atoms with Crippen molar-refractivity contribution in [1.82, 2.24) is 10.3 Å². The monoisotopic (exact) mass is 471 g/mol. The third-order valence-electron chi connectivity index (χ3n) is 6.11. The summed E-state index contributed by atoms with van der Waals surface area (Å²) < 4.78 is 0. The van der Waals surface area contributed by atoms with Crippen LogP contribution in [-0.4, -0.2) is 35.8 Å². The molecule has 8 heteroatoms. The van der Waals surface area contributed by atoms with Crippen LogP contribution in [0.2, 0.25) is 0 Å². The van der Waals surface area contributed by atoms with Crippen LogP contribution in [0.1, 0.15) is 41.2 Å². The summed E-state index contributed by atoms with van der Waals surface area (Å²) in [5.41, 5.74) is 7.40. The minimum Gasteiger partial charge on any atom is -0.369 e. The molecule has 180 valence electrons. The summed E-state index contributed by atoms with van der Waals surface area (Å²) in [7, 11) is 0.